The van der Waals surface area contributed by atoms with Crippen molar-refractivity contribution in [3.63, 3.8) is 0 Å². The number of ether oxygens (including phenoxy) is 1. The summed E-state index contributed by atoms with van der Waals surface area (Å²) < 4.78 is 5.16. The van der Waals surface area contributed by atoms with Crippen LogP contribution in [0.1, 0.15) is 26.3 Å². The second-order valence-electron chi connectivity index (χ2n) is 5.74. The average Bonchev–Trinajstić information content (AvgIpc) is 2.42. The van der Waals surface area contributed by atoms with Gasteiger partial charge in [-0.1, -0.05) is 36.4 Å². The number of rotatable bonds is 3. The van der Waals surface area contributed by atoms with E-state index < -0.39 is 11.7 Å². The number of pyridine rings is 1. The van der Waals surface area contributed by atoms with Crippen molar-refractivity contribution in [3.8, 4) is 0 Å². The Morgan fingerprint density at radius 1 is 1.29 bits per heavy atom. The van der Waals surface area contributed by atoms with Crippen LogP contribution in [0.5, 0.6) is 0 Å². The molecule has 1 aromatic carbocycles. The molecule has 0 unspecified atom stereocenters. The highest BCUT2D eigenvalue weighted by Gasteiger charge is 2.14. The summed E-state index contributed by atoms with van der Waals surface area (Å²) in [5, 5.41) is 4.93. The van der Waals surface area contributed by atoms with Gasteiger partial charge in [0.25, 0.3) is 0 Å². The molecule has 0 saturated carbocycles. The van der Waals surface area contributed by atoms with E-state index in [1.807, 2.05) is 63.5 Å². The van der Waals surface area contributed by atoms with Crippen molar-refractivity contribution in [1.82, 2.24) is 10.3 Å². The summed E-state index contributed by atoms with van der Waals surface area (Å²) in [5.41, 5.74) is 0.548. The lowest BCUT2D eigenvalue weighted by molar-refractivity contribution is 0.0534. The molecule has 1 amide bonds. The van der Waals surface area contributed by atoms with Gasteiger partial charge in [-0.25, -0.2) is 4.79 Å². The highest BCUT2D eigenvalue weighted by atomic mass is 16.6. The normalized spacial score (nSPS) is 11.8. The van der Waals surface area contributed by atoms with Gasteiger partial charge in [-0.05, 0) is 26.2 Å². The van der Waals surface area contributed by atoms with Crippen LogP contribution in [-0.4, -0.2) is 23.2 Å². The summed E-state index contributed by atoms with van der Waals surface area (Å²) in [5.74, 6) is 0. The molecule has 2 aromatic rings. The molecule has 1 heterocycles. The van der Waals surface area contributed by atoms with E-state index in [0.29, 0.717) is 6.54 Å². The van der Waals surface area contributed by atoms with Crippen LogP contribution in [0, 0.1) is 0 Å². The van der Waals surface area contributed by atoms with Crippen LogP contribution in [-0.2, 0) is 4.74 Å². The number of aromatic nitrogens is 1. The molecule has 0 aliphatic carbocycles. The van der Waals surface area contributed by atoms with Crippen LogP contribution in [0.25, 0.3) is 16.8 Å². The Bertz CT molecular complexity index is 652. The molecule has 0 atom stereocenters. The number of carbonyl (C=O) groups is 1. The number of nitrogens with zero attached hydrogens (tertiary/aromatic N) is 1. The molecule has 4 heteroatoms. The highest BCUT2D eigenvalue weighted by Crippen LogP contribution is 2.17. The van der Waals surface area contributed by atoms with Gasteiger partial charge in [0.1, 0.15) is 5.60 Å². The third kappa shape index (κ3) is 4.60. The quantitative estimate of drug-likeness (QED) is 0.933. The molecule has 4 nitrogen and oxygen atoms in total. The number of fused-ring (bicyclic) bond motifs is 1. The summed E-state index contributed by atoms with van der Waals surface area (Å²) in [7, 11) is 0. The van der Waals surface area contributed by atoms with Gasteiger partial charge < -0.3 is 10.1 Å². The van der Waals surface area contributed by atoms with E-state index in [9.17, 15) is 4.79 Å². The van der Waals surface area contributed by atoms with Gasteiger partial charge in [0.15, 0.2) is 0 Å². The molecule has 0 spiro atoms. The summed E-state index contributed by atoms with van der Waals surface area (Å²) in [6.07, 6.45) is 7.07. The fourth-order valence-corrected chi connectivity index (χ4v) is 1.92. The molecular formula is C17H20N2O2. The lowest BCUT2D eigenvalue weighted by Gasteiger charge is -2.19. The predicted octanol–water partition coefficient (Wildman–Crippen LogP) is 3.77. The second kappa shape index (κ2) is 6.39. The Hall–Kier alpha value is -2.36. The van der Waals surface area contributed by atoms with Crippen LogP contribution in [0.4, 0.5) is 4.79 Å². The summed E-state index contributed by atoms with van der Waals surface area (Å²) in [4.78, 5) is 15.7. The number of amides is 1. The van der Waals surface area contributed by atoms with Crippen molar-refractivity contribution >= 4 is 22.9 Å². The van der Waals surface area contributed by atoms with Crippen molar-refractivity contribution < 1.29 is 9.53 Å². The van der Waals surface area contributed by atoms with E-state index in [2.05, 4.69) is 16.4 Å². The molecular weight excluding hydrogens is 264 g/mol. The van der Waals surface area contributed by atoms with Crippen LogP contribution in [0.15, 0.2) is 42.7 Å². The van der Waals surface area contributed by atoms with E-state index in [1.54, 1.807) is 0 Å². The number of benzene rings is 1. The number of nitrogens with one attached hydrogen (secondary N) is 1. The number of alkyl carbamates (subject to hydrolysis) is 1. The smallest absolute Gasteiger partial charge is 0.407 e. The fourth-order valence-electron chi connectivity index (χ4n) is 1.92. The average molecular weight is 284 g/mol. The number of hydrogen-bond acceptors (Lipinski definition) is 3. The van der Waals surface area contributed by atoms with E-state index >= 15 is 0 Å². The first-order chi connectivity index (χ1) is 9.96. The first-order valence-corrected chi connectivity index (χ1v) is 6.92. The third-order valence-electron chi connectivity index (χ3n) is 2.76. The zero-order chi connectivity index (χ0) is 15.3. The largest absolute Gasteiger partial charge is 0.444 e. The number of hydrogen-bond donors (Lipinski definition) is 1. The fraction of sp³-hybridized carbons (Fsp3) is 0.294. The third-order valence-corrected chi connectivity index (χ3v) is 2.76. The Kier molecular flexibility index (Phi) is 4.58. The minimum absolute atomic E-state index is 0.414. The molecule has 1 N–H and O–H groups in total. The van der Waals surface area contributed by atoms with Crippen LogP contribution in [0.3, 0.4) is 0 Å². The zero-order valence-electron chi connectivity index (χ0n) is 12.6. The van der Waals surface area contributed by atoms with Gasteiger partial charge in [-0.15, -0.1) is 0 Å². The maximum atomic E-state index is 11.5. The summed E-state index contributed by atoms with van der Waals surface area (Å²) >= 11 is 0. The van der Waals surface area contributed by atoms with Gasteiger partial charge in [0, 0.05) is 29.9 Å². The van der Waals surface area contributed by atoms with E-state index in [-0.39, 0.29) is 0 Å². The van der Waals surface area contributed by atoms with Gasteiger partial charge in [-0.3, -0.25) is 4.98 Å². The monoisotopic (exact) mass is 284 g/mol. The van der Waals surface area contributed by atoms with E-state index in [0.717, 1.165) is 16.3 Å². The molecule has 0 aliphatic heterocycles. The molecule has 21 heavy (non-hydrogen) atoms. The maximum absolute atomic E-state index is 11.5. The second-order valence-corrected chi connectivity index (χ2v) is 5.74. The lowest BCUT2D eigenvalue weighted by atomic mass is 10.1. The lowest BCUT2D eigenvalue weighted by Crippen LogP contribution is -2.32. The minimum Gasteiger partial charge on any atom is -0.444 e. The Morgan fingerprint density at radius 3 is 2.81 bits per heavy atom. The first-order valence-electron chi connectivity index (χ1n) is 6.92. The standard InChI is InChI=1S/C17H20N2O2/c1-17(2,3)21-16(20)19-10-6-8-14-12-18-11-13-7-4-5-9-15(13)14/h4-9,11-12H,10H2,1-3H3,(H,19,20). The molecule has 2 rings (SSSR count). The Labute approximate surface area is 124 Å². The van der Waals surface area contributed by atoms with Gasteiger partial charge in [-0.2, -0.15) is 0 Å². The van der Waals surface area contributed by atoms with Crippen molar-refractivity contribution in [2.45, 2.75) is 26.4 Å². The molecule has 0 aliphatic rings. The van der Waals surface area contributed by atoms with Gasteiger partial charge in [0.2, 0.25) is 0 Å². The van der Waals surface area contributed by atoms with Crippen LogP contribution < -0.4 is 5.32 Å². The Morgan fingerprint density at radius 2 is 2.05 bits per heavy atom. The summed E-state index contributed by atoms with van der Waals surface area (Å²) in [6.45, 7) is 5.93. The number of carbonyl (C=O) groups excluding carboxylic acids is 1. The van der Waals surface area contributed by atoms with Crippen molar-refractivity contribution in [3.05, 3.63) is 48.3 Å². The van der Waals surface area contributed by atoms with E-state index in [1.165, 1.54) is 0 Å². The van der Waals surface area contributed by atoms with Crippen LogP contribution >= 0.6 is 0 Å². The predicted molar refractivity (Wildman–Crippen MR) is 85.0 cm³/mol. The highest BCUT2D eigenvalue weighted by molar-refractivity contribution is 5.89. The van der Waals surface area contributed by atoms with Crippen molar-refractivity contribution in [1.29, 1.82) is 0 Å². The molecule has 0 saturated heterocycles. The van der Waals surface area contributed by atoms with Gasteiger partial charge in [0.05, 0.1) is 0 Å². The van der Waals surface area contributed by atoms with Crippen LogP contribution in [0.2, 0.25) is 0 Å². The van der Waals surface area contributed by atoms with E-state index in [4.69, 9.17) is 4.74 Å². The van der Waals surface area contributed by atoms with Gasteiger partial charge >= 0.3 is 6.09 Å². The topological polar surface area (TPSA) is 51.2 Å². The zero-order valence-corrected chi connectivity index (χ0v) is 12.6. The first kappa shape index (κ1) is 15.0. The SMILES string of the molecule is CC(C)(C)OC(=O)NCC=Cc1cncc2ccccc12. The van der Waals surface area contributed by atoms with Crippen molar-refractivity contribution in [2.24, 2.45) is 0 Å². The molecule has 1 aromatic heterocycles. The minimum atomic E-state index is -0.479. The van der Waals surface area contributed by atoms with Crippen molar-refractivity contribution in [2.75, 3.05) is 6.54 Å². The summed E-state index contributed by atoms with van der Waals surface area (Å²) in [6, 6.07) is 8.07. The molecule has 0 fully saturated rings. The Balaban J connectivity index is 1.96. The molecule has 0 radical (unpaired) electrons. The maximum Gasteiger partial charge on any atom is 0.407 e. The molecule has 0 bridgehead atoms. The molecule has 110 valence electrons.